The highest BCUT2D eigenvalue weighted by molar-refractivity contribution is 7.46. The van der Waals surface area contributed by atoms with Gasteiger partial charge in [0, 0.05) is 1.37 Å². The van der Waals surface area contributed by atoms with Gasteiger partial charge in [0.1, 0.15) is 12.2 Å². The Morgan fingerprint density at radius 2 is 1.93 bits per heavy atom. The zero-order valence-electron chi connectivity index (χ0n) is 8.35. The van der Waals surface area contributed by atoms with Gasteiger partial charge in [-0.05, 0) is 6.42 Å². The lowest BCUT2D eigenvalue weighted by Crippen LogP contribution is -2.39. The summed E-state index contributed by atoms with van der Waals surface area (Å²) in [5.74, 6) is 0. The zero-order chi connectivity index (χ0) is 12.1. The number of phosphoric acid groups is 1. The topological polar surface area (TPSA) is 127 Å². The molecule has 0 amide bonds. The van der Waals surface area contributed by atoms with Gasteiger partial charge in [-0.1, -0.05) is 6.90 Å². The number of phosphoric ester groups is 1. The second-order valence-corrected chi connectivity index (χ2v) is 3.94. The normalized spacial score (nSPS) is 19.9. The van der Waals surface area contributed by atoms with Gasteiger partial charge in [0.15, 0.2) is 0 Å². The van der Waals surface area contributed by atoms with Crippen LogP contribution in [-0.2, 0) is 9.09 Å². The first-order chi connectivity index (χ1) is 6.78. The molecule has 5 N–H and O–H groups in total. The summed E-state index contributed by atoms with van der Waals surface area (Å²) in [6.45, 7) is -0.926. The van der Waals surface area contributed by atoms with E-state index in [4.69, 9.17) is 21.4 Å². The molecule has 0 aliphatic rings. The molecular formula is C6H15O7P. The molecule has 0 heterocycles. The van der Waals surface area contributed by atoms with E-state index in [1.165, 1.54) is 0 Å². The Bertz CT molecular complexity index is 220. The maximum absolute atomic E-state index is 10.2. The van der Waals surface area contributed by atoms with Crippen molar-refractivity contribution >= 4 is 7.82 Å². The highest BCUT2D eigenvalue weighted by Crippen LogP contribution is 2.35. The van der Waals surface area contributed by atoms with Crippen molar-refractivity contribution in [1.29, 1.82) is 0 Å². The largest absolute Gasteiger partial charge is 0.469 e. The summed E-state index contributed by atoms with van der Waals surface area (Å²) in [5, 5.41) is 27.5. The molecule has 7 nitrogen and oxygen atoms in total. The highest BCUT2D eigenvalue weighted by Gasteiger charge is 2.26. The summed E-state index contributed by atoms with van der Waals surface area (Å²) >= 11 is 0. The van der Waals surface area contributed by atoms with E-state index in [2.05, 4.69) is 4.52 Å². The van der Waals surface area contributed by atoms with Crippen molar-refractivity contribution in [3.8, 4) is 0 Å². The number of aliphatic hydroxyl groups is 3. The summed E-state index contributed by atoms with van der Waals surface area (Å²) in [7, 11) is -4.69. The summed E-state index contributed by atoms with van der Waals surface area (Å²) in [6, 6.07) is 0. The number of hydrogen-bond acceptors (Lipinski definition) is 5. The molecule has 3 atom stereocenters. The summed E-state index contributed by atoms with van der Waals surface area (Å²) in [6.07, 6.45) is -4.58. The van der Waals surface area contributed by atoms with Crippen LogP contribution < -0.4 is 0 Å². The molecule has 0 aliphatic carbocycles. The van der Waals surface area contributed by atoms with E-state index in [-0.39, 0.29) is 13.3 Å². The number of rotatable bonds is 6. The first-order valence-electron chi connectivity index (χ1n) is 4.52. The molecule has 0 saturated carbocycles. The van der Waals surface area contributed by atoms with Crippen molar-refractivity contribution in [2.45, 2.75) is 31.6 Å². The zero-order valence-corrected chi connectivity index (χ0v) is 8.25. The molecule has 0 bridgehead atoms. The van der Waals surface area contributed by atoms with Crippen LogP contribution in [0.1, 0.15) is 14.7 Å². The molecule has 0 aromatic heterocycles. The maximum Gasteiger partial charge on any atom is 0.469 e. The second kappa shape index (κ2) is 5.77. The Morgan fingerprint density at radius 3 is 2.36 bits per heavy atom. The van der Waals surface area contributed by atoms with Gasteiger partial charge >= 0.3 is 7.82 Å². The Morgan fingerprint density at radius 1 is 1.36 bits per heavy atom. The minimum absolute atomic E-state index is 0.0475. The van der Waals surface area contributed by atoms with Crippen LogP contribution in [0.25, 0.3) is 0 Å². The van der Waals surface area contributed by atoms with Gasteiger partial charge in [0.2, 0.25) is 0 Å². The van der Waals surface area contributed by atoms with E-state index in [9.17, 15) is 9.67 Å². The molecule has 0 radical (unpaired) electrons. The minimum atomic E-state index is -4.69. The third kappa shape index (κ3) is 5.66. The quantitative estimate of drug-likeness (QED) is 0.355. The second-order valence-electron chi connectivity index (χ2n) is 2.70. The van der Waals surface area contributed by atoms with E-state index >= 15 is 0 Å². The van der Waals surface area contributed by atoms with Crippen LogP contribution in [0.3, 0.4) is 0 Å². The van der Waals surface area contributed by atoms with Gasteiger partial charge < -0.3 is 25.1 Å². The Balaban J connectivity index is 3.98. The molecule has 14 heavy (non-hydrogen) atoms. The van der Waals surface area contributed by atoms with E-state index in [0.29, 0.717) is 0 Å². The highest BCUT2D eigenvalue weighted by atomic mass is 31.2. The van der Waals surface area contributed by atoms with Crippen LogP contribution in [0.5, 0.6) is 0 Å². The number of hydrogen-bond donors (Lipinski definition) is 5. The fourth-order valence-corrected chi connectivity index (χ4v) is 1.05. The third-order valence-corrected chi connectivity index (χ3v) is 1.98. The van der Waals surface area contributed by atoms with Crippen LogP contribution in [0.4, 0.5) is 0 Å². The van der Waals surface area contributed by atoms with Crippen molar-refractivity contribution in [2.75, 3.05) is 6.61 Å². The summed E-state index contributed by atoms with van der Waals surface area (Å²) < 4.78 is 20.9. The van der Waals surface area contributed by atoms with Crippen molar-refractivity contribution < 1.29 is 35.6 Å². The van der Waals surface area contributed by atoms with Gasteiger partial charge in [-0.15, -0.1) is 0 Å². The van der Waals surface area contributed by atoms with Crippen molar-refractivity contribution in [3.63, 3.8) is 0 Å². The van der Waals surface area contributed by atoms with E-state index in [0.717, 1.165) is 0 Å². The van der Waals surface area contributed by atoms with Crippen LogP contribution in [0.15, 0.2) is 0 Å². The molecule has 0 saturated heterocycles. The summed E-state index contributed by atoms with van der Waals surface area (Å²) in [5.41, 5.74) is 0. The smallest absolute Gasteiger partial charge is 0.390 e. The van der Waals surface area contributed by atoms with E-state index in [1.807, 2.05) is 0 Å². The fraction of sp³-hybridized carbons (Fsp3) is 1.00. The average Bonchev–Trinajstić information content (AvgIpc) is 2.12. The van der Waals surface area contributed by atoms with Crippen LogP contribution >= 0.6 is 7.82 Å². The molecule has 1 unspecified atom stereocenters. The molecule has 86 valence electrons. The van der Waals surface area contributed by atoms with Crippen molar-refractivity contribution in [3.05, 3.63) is 0 Å². The lowest BCUT2D eigenvalue weighted by atomic mass is 10.1. The minimum Gasteiger partial charge on any atom is -0.390 e. The predicted octanol–water partition coefficient (Wildman–Crippen LogP) is -1.41. The molecule has 0 aliphatic heterocycles. The van der Waals surface area contributed by atoms with Crippen molar-refractivity contribution in [2.24, 2.45) is 0 Å². The molecule has 8 heteroatoms. The lowest BCUT2D eigenvalue weighted by Gasteiger charge is -2.21. The first kappa shape index (κ1) is 12.1. The molecule has 0 aromatic carbocycles. The lowest BCUT2D eigenvalue weighted by molar-refractivity contribution is -0.0757. The van der Waals surface area contributed by atoms with Crippen LogP contribution in [0, 0.1) is 0 Å². The Kier molecular flexibility index (Phi) is 4.97. The standard InChI is InChI=1S/C6H15O7P/c1-2-4(7)6(9)5(8)3-13-14(10,11)12/h4-9H,2-3H2,1H3,(H2,10,11,12)/t4?,5-,6+/m1/s1/i1D. The van der Waals surface area contributed by atoms with Gasteiger partial charge in [-0.2, -0.15) is 0 Å². The van der Waals surface area contributed by atoms with Crippen molar-refractivity contribution in [1.82, 2.24) is 0 Å². The van der Waals surface area contributed by atoms with Crippen LogP contribution in [-0.4, -0.2) is 50.0 Å². The third-order valence-electron chi connectivity index (χ3n) is 1.50. The van der Waals surface area contributed by atoms with Gasteiger partial charge in [0.05, 0.1) is 12.7 Å². The molecular weight excluding hydrogens is 215 g/mol. The van der Waals surface area contributed by atoms with Gasteiger partial charge in [0.25, 0.3) is 0 Å². The first-order valence-corrected chi connectivity index (χ1v) is 5.34. The average molecular weight is 231 g/mol. The fourth-order valence-electron chi connectivity index (χ4n) is 0.699. The van der Waals surface area contributed by atoms with E-state index < -0.39 is 32.7 Å². The molecule has 0 spiro atoms. The summed E-state index contributed by atoms with van der Waals surface area (Å²) in [4.78, 5) is 16.6. The predicted molar refractivity (Wildman–Crippen MR) is 46.3 cm³/mol. The monoisotopic (exact) mass is 231 g/mol. The van der Waals surface area contributed by atoms with Gasteiger partial charge in [-0.25, -0.2) is 4.57 Å². The van der Waals surface area contributed by atoms with Gasteiger partial charge in [-0.3, -0.25) is 4.52 Å². The Hall–Kier alpha value is -0.0100. The molecule has 0 rings (SSSR count). The maximum atomic E-state index is 10.2. The SMILES string of the molecule is [2H]CCC(O)[C@H](O)[C@H](O)COP(=O)(O)O. The molecule has 0 fully saturated rings. The number of aliphatic hydroxyl groups excluding tert-OH is 3. The van der Waals surface area contributed by atoms with Crippen LogP contribution in [0.2, 0.25) is 0 Å². The molecule has 0 aromatic rings. The Labute approximate surface area is 82.6 Å². The van der Waals surface area contributed by atoms with E-state index in [1.54, 1.807) is 0 Å².